The van der Waals surface area contributed by atoms with Crippen molar-refractivity contribution in [2.75, 3.05) is 13.1 Å². The van der Waals surface area contributed by atoms with Crippen LogP contribution in [0.5, 0.6) is 5.75 Å². The second-order valence-corrected chi connectivity index (χ2v) is 12.8. The van der Waals surface area contributed by atoms with Gasteiger partial charge < -0.3 is 43.2 Å². The Labute approximate surface area is 293 Å². The molecule has 4 atom stereocenters. The van der Waals surface area contributed by atoms with Crippen molar-refractivity contribution in [2.24, 2.45) is 17.4 Å². The van der Waals surface area contributed by atoms with E-state index in [1.807, 2.05) is 19.9 Å². The van der Waals surface area contributed by atoms with Crippen molar-refractivity contribution < 1.29 is 33.9 Å². The van der Waals surface area contributed by atoms with E-state index in [9.17, 15) is 33.9 Å². The summed E-state index contributed by atoms with van der Waals surface area (Å²) in [6, 6.07) is 11.2. The van der Waals surface area contributed by atoms with Gasteiger partial charge in [0, 0.05) is 12.8 Å². The van der Waals surface area contributed by atoms with Crippen LogP contribution in [0, 0.1) is 5.92 Å². The molecule has 2 aromatic carbocycles. The summed E-state index contributed by atoms with van der Waals surface area (Å²) in [6.45, 7) is 4.85. The third-order valence-electron chi connectivity index (χ3n) is 7.89. The highest BCUT2D eigenvalue weighted by atomic mass is 16.3. The summed E-state index contributed by atoms with van der Waals surface area (Å²) < 4.78 is 0. The topological polar surface area (TPSA) is 235 Å². The van der Waals surface area contributed by atoms with Crippen molar-refractivity contribution in [3.05, 3.63) is 65.7 Å². The van der Waals surface area contributed by atoms with E-state index >= 15 is 0 Å². The molecule has 0 radical (unpaired) electrons. The number of phenols is 1. The number of carbonyl (C=O) groups excluding carboxylic acids is 6. The summed E-state index contributed by atoms with van der Waals surface area (Å²) in [6.07, 6.45) is 4.75. The van der Waals surface area contributed by atoms with Gasteiger partial charge in [-0.2, -0.15) is 0 Å². The number of hydrogen-bond acceptors (Lipinski definition) is 8. The number of phenolic OH excluding ortho intramolecular Hbond substituents is 1. The lowest BCUT2D eigenvalue weighted by Crippen LogP contribution is -2.55. The molecule has 0 saturated carbocycles. The zero-order valence-electron chi connectivity index (χ0n) is 29.2. The summed E-state index contributed by atoms with van der Waals surface area (Å²) in [5.74, 6) is -3.69. The fraction of sp³-hybridized carbons (Fsp3) is 0.500. The van der Waals surface area contributed by atoms with E-state index < -0.39 is 72.7 Å². The van der Waals surface area contributed by atoms with Gasteiger partial charge in [-0.25, -0.2) is 0 Å². The molecule has 0 aliphatic carbocycles. The standard InChI is InChI=1S/C36H53N7O7/c1-4-5-6-10-13-27(37)34(48)43-29(20-25-14-16-26(44)17-15-25)35(49)40-21-31(45)39-22-32(46)41-30(19-24-11-8-7-9-12-24)36(50)42-28(33(38)47)18-23(2)3/h7-9,11-12,14-17,23,27-30,44H,4-6,10,13,18-22,37H2,1-3H3,(H2,38,47)(H,39,45)(H,40,49)(H,41,46)(H,42,50)(H,43,48)/t27-,28+,29+,30+/m1/s1. The molecule has 0 unspecified atom stereocenters. The van der Waals surface area contributed by atoms with Crippen LogP contribution in [0.3, 0.4) is 0 Å². The maximum atomic E-state index is 13.2. The Bertz CT molecular complexity index is 1400. The molecule has 14 heteroatoms. The highest BCUT2D eigenvalue weighted by Crippen LogP contribution is 2.12. The molecule has 50 heavy (non-hydrogen) atoms. The molecule has 0 heterocycles. The van der Waals surface area contributed by atoms with Gasteiger partial charge in [0.25, 0.3) is 0 Å². The molecule has 274 valence electrons. The minimum atomic E-state index is -1.07. The zero-order valence-corrected chi connectivity index (χ0v) is 29.2. The molecular weight excluding hydrogens is 642 g/mol. The summed E-state index contributed by atoms with van der Waals surface area (Å²) in [5, 5.41) is 22.4. The lowest BCUT2D eigenvalue weighted by atomic mass is 10.0. The van der Waals surface area contributed by atoms with E-state index in [0.29, 0.717) is 18.4 Å². The van der Waals surface area contributed by atoms with Crippen molar-refractivity contribution in [1.82, 2.24) is 26.6 Å². The summed E-state index contributed by atoms with van der Waals surface area (Å²) in [4.78, 5) is 76.6. The van der Waals surface area contributed by atoms with Crippen molar-refractivity contribution in [3.8, 4) is 5.75 Å². The largest absolute Gasteiger partial charge is 0.508 e. The van der Waals surface area contributed by atoms with E-state index in [-0.39, 0.29) is 24.5 Å². The van der Waals surface area contributed by atoms with Crippen LogP contribution in [0.1, 0.15) is 70.4 Å². The number of primary amides is 1. The Morgan fingerprint density at radius 1 is 0.680 bits per heavy atom. The van der Waals surface area contributed by atoms with Gasteiger partial charge in [0.15, 0.2) is 0 Å². The molecule has 0 bridgehead atoms. The zero-order chi connectivity index (χ0) is 37.1. The molecule has 0 aliphatic heterocycles. The van der Waals surface area contributed by atoms with Crippen LogP contribution in [0.25, 0.3) is 0 Å². The number of nitrogens with one attached hydrogen (secondary N) is 5. The number of amides is 6. The second kappa shape index (κ2) is 21.9. The Morgan fingerprint density at radius 3 is 1.86 bits per heavy atom. The van der Waals surface area contributed by atoms with Gasteiger partial charge in [-0.15, -0.1) is 0 Å². The van der Waals surface area contributed by atoms with Gasteiger partial charge in [0.1, 0.15) is 23.9 Å². The summed E-state index contributed by atoms with van der Waals surface area (Å²) in [7, 11) is 0. The third-order valence-corrected chi connectivity index (χ3v) is 7.89. The van der Waals surface area contributed by atoms with Crippen molar-refractivity contribution >= 4 is 35.4 Å². The first-order valence-corrected chi connectivity index (χ1v) is 17.1. The number of aromatic hydroxyl groups is 1. The average molecular weight is 696 g/mol. The van der Waals surface area contributed by atoms with Crippen LogP contribution < -0.4 is 38.1 Å². The quantitative estimate of drug-likeness (QED) is 0.0815. The Hall–Kier alpha value is -4.98. The lowest BCUT2D eigenvalue weighted by molar-refractivity contribution is -0.132. The molecule has 0 saturated heterocycles. The SMILES string of the molecule is CCCCCC[C@@H](N)C(=O)N[C@@H](Cc1ccc(O)cc1)C(=O)NCC(=O)NCC(=O)N[C@@H](Cc1ccccc1)C(=O)N[C@@H](CC(C)C)C(N)=O. The molecule has 2 rings (SSSR count). The van der Waals surface area contributed by atoms with Crippen LogP contribution in [0.2, 0.25) is 0 Å². The molecular formula is C36H53N7O7. The van der Waals surface area contributed by atoms with Crippen molar-refractivity contribution in [1.29, 1.82) is 0 Å². The predicted molar refractivity (Wildman–Crippen MR) is 189 cm³/mol. The highest BCUT2D eigenvalue weighted by molar-refractivity contribution is 5.94. The van der Waals surface area contributed by atoms with E-state index in [1.54, 1.807) is 36.4 Å². The van der Waals surface area contributed by atoms with Crippen LogP contribution in [-0.2, 0) is 41.6 Å². The van der Waals surface area contributed by atoms with Crippen molar-refractivity contribution in [2.45, 2.75) is 96.3 Å². The molecule has 0 aliphatic rings. The molecule has 0 spiro atoms. The van der Waals surface area contributed by atoms with E-state index in [4.69, 9.17) is 11.5 Å². The normalized spacial score (nSPS) is 13.3. The second-order valence-electron chi connectivity index (χ2n) is 12.8. The molecule has 2 aromatic rings. The van der Waals surface area contributed by atoms with Gasteiger partial charge in [-0.3, -0.25) is 28.8 Å². The van der Waals surface area contributed by atoms with Gasteiger partial charge in [-0.05, 0) is 42.0 Å². The number of carbonyl (C=O) groups is 6. The van der Waals surface area contributed by atoms with Gasteiger partial charge in [-0.1, -0.05) is 88.9 Å². The minimum absolute atomic E-state index is 0.0431. The van der Waals surface area contributed by atoms with Gasteiger partial charge >= 0.3 is 0 Å². The monoisotopic (exact) mass is 695 g/mol. The first-order valence-electron chi connectivity index (χ1n) is 17.1. The van der Waals surface area contributed by atoms with E-state index in [1.165, 1.54) is 12.1 Å². The smallest absolute Gasteiger partial charge is 0.243 e. The number of hydrogen-bond donors (Lipinski definition) is 8. The fourth-order valence-corrected chi connectivity index (χ4v) is 5.10. The Kier molecular flexibility index (Phi) is 18.0. The summed E-state index contributed by atoms with van der Waals surface area (Å²) >= 11 is 0. The first kappa shape index (κ1) is 41.2. The molecule has 0 aromatic heterocycles. The van der Waals surface area contributed by atoms with E-state index in [2.05, 4.69) is 33.5 Å². The minimum Gasteiger partial charge on any atom is -0.508 e. The van der Waals surface area contributed by atoms with Gasteiger partial charge in [0.05, 0.1) is 19.1 Å². The predicted octanol–water partition coefficient (Wildman–Crippen LogP) is 0.693. The van der Waals surface area contributed by atoms with E-state index in [0.717, 1.165) is 31.2 Å². The molecule has 14 nitrogen and oxygen atoms in total. The van der Waals surface area contributed by atoms with Crippen LogP contribution in [0.4, 0.5) is 0 Å². The van der Waals surface area contributed by atoms with Gasteiger partial charge in [0.2, 0.25) is 35.4 Å². The maximum absolute atomic E-state index is 13.2. The van der Waals surface area contributed by atoms with Crippen LogP contribution in [-0.4, -0.2) is 77.8 Å². The number of rotatable bonds is 22. The highest BCUT2D eigenvalue weighted by Gasteiger charge is 2.27. The van der Waals surface area contributed by atoms with Crippen molar-refractivity contribution in [3.63, 3.8) is 0 Å². The van der Waals surface area contributed by atoms with Crippen LogP contribution in [0.15, 0.2) is 54.6 Å². The molecule has 10 N–H and O–H groups in total. The number of nitrogens with two attached hydrogens (primary N) is 2. The lowest BCUT2D eigenvalue weighted by Gasteiger charge is -2.23. The molecule has 0 fully saturated rings. The molecule has 6 amide bonds. The number of benzene rings is 2. The first-order chi connectivity index (χ1) is 23.8. The maximum Gasteiger partial charge on any atom is 0.243 e. The third kappa shape index (κ3) is 15.9. The Balaban J connectivity index is 2.00. The fourth-order valence-electron chi connectivity index (χ4n) is 5.10. The summed E-state index contributed by atoms with van der Waals surface area (Å²) in [5.41, 5.74) is 13.0. The average Bonchev–Trinajstić information content (AvgIpc) is 3.08. The number of unbranched alkanes of at least 4 members (excludes halogenated alkanes) is 3. The Morgan fingerprint density at radius 2 is 1.26 bits per heavy atom. The van der Waals surface area contributed by atoms with Crippen LogP contribution >= 0.6 is 0 Å².